The predicted molar refractivity (Wildman–Crippen MR) is 131 cm³/mol. The Morgan fingerprint density at radius 1 is 0.939 bits per heavy atom. The summed E-state index contributed by atoms with van der Waals surface area (Å²) in [5.41, 5.74) is 14.1. The Morgan fingerprint density at radius 3 is 2.58 bits per heavy atom. The molecule has 1 aliphatic carbocycles. The second-order valence-electron chi connectivity index (χ2n) is 8.77. The first-order valence-electron chi connectivity index (χ1n) is 11.5. The average Bonchev–Trinajstić information content (AvgIpc) is 3.20. The maximum atomic E-state index is 13.1. The number of nitrogens with zero attached hydrogens (tertiary/aromatic N) is 3. The molecule has 3 aromatic heterocycles. The van der Waals surface area contributed by atoms with Gasteiger partial charge in [-0.25, -0.2) is 4.98 Å². The van der Waals surface area contributed by atoms with E-state index in [0.29, 0.717) is 18.8 Å². The van der Waals surface area contributed by atoms with Crippen LogP contribution in [0.5, 0.6) is 0 Å². The van der Waals surface area contributed by atoms with Crippen LogP contribution in [0.1, 0.15) is 35.4 Å². The Labute approximate surface area is 191 Å². The van der Waals surface area contributed by atoms with Crippen molar-refractivity contribution >= 4 is 21.9 Å². The molecule has 6 nitrogen and oxygen atoms in total. The van der Waals surface area contributed by atoms with Gasteiger partial charge in [0.2, 0.25) is 0 Å². The van der Waals surface area contributed by atoms with Crippen LogP contribution in [0.15, 0.2) is 65.6 Å². The van der Waals surface area contributed by atoms with Crippen LogP contribution >= 0.6 is 0 Å². The zero-order valence-corrected chi connectivity index (χ0v) is 18.3. The van der Waals surface area contributed by atoms with Crippen molar-refractivity contribution in [2.24, 2.45) is 5.73 Å². The lowest BCUT2D eigenvalue weighted by molar-refractivity contribution is 0.686. The van der Waals surface area contributed by atoms with Crippen LogP contribution in [0.2, 0.25) is 0 Å². The van der Waals surface area contributed by atoms with Gasteiger partial charge in [0.1, 0.15) is 5.69 Å². The van der Waals surface area contributed by atoms with E-state index in [1.54, 1.807) is 0 Å². The summed E-state index contributed by atoms with van der Waals surface area (Å²) in [5.74, 6) is 0. The number of aryl methyl sites for hydroxylation is 2. The van der Waals surface area contributed by atoms with Gasteiger partial charge in [0.25, 0.3) is 5.56 Å². The fraction of sp³-hybridized carbons (Fsp3) is 0.222. The van der Waals surface area contributed by atoms with Crippen molar-refractivity contribution in [3.05, 3.63) is 93.7 Å². The van der Waals surface area contributed by atoms with Crippen LogP contribution in [-0.4, -0.2) is 19.5 Å². The van der Waals surface area contributed by atoms with E-state index >= 15 is 0 Å². The van der Waals surface area contributed by atoms with E-state index in [9.17, 15) is 4.79 Å². The van der Waals surface area contributed by atoms with E-state index in [0.717, 1.165) is 51.7 Å². The molecule has 0 saturated carbocycles. The second kappa shape index (κ2) is 7.98. The molecule has 6 heteroatoms. The maximum absolute atomic E-state index is 13.1. The van der Waals surface area contributed by atoms with E-state index in [2.05, 4.69) is 32.7 Å². The van der Waals surface area contributed by atoms with Gasteiger partial charge in [-0.05, 0) is 67.1 Å². The van der Waals surface area contributed by atoms with Crippen molar-refractivity contribution in [2.75, 3.05) is 0 Å². The van der Waals surface area contributed by atoms with Gasteiger partial charge in [0, 0.05) is 29.2 Å². The number of aromatic nitrogens is 4. The monoisotopic (exact) mass is 435 g/mol. The SMILES string of the molecule is NCc1cccc(Cn2cc(-c3nc4cc5c(cc4[nH]c3=O)CCCC5)c3ccccc32)n1. The van der Waals surface area contributed by atoms with Crippen molar-refractivity contribution in [1.29, 1.82) is 0 Å². The molecule has 5 aromatic rings. The fourth-order valence-electron chi connectivity index (χ4n) is 4.97. The summed E-state index contributed by atoms with van der Waals surface area (Å²) in [6.45, 7) is 0.999. The van der Waals surface area contributed by atoms with Crippen molar-refractivity contribution in [2.45, 2.75) is 38.8 Å². The smallest absolute Gasteiger partial charge is 0.275 e. The average molecular weight is 436 g/mol. The number of hydrogen-bond donors (Lipinski definition) is 2. The minimum absolute atomic E-state index is 0.163. The summed E-state index contributed by atoms with van der Waals surface area (Å²) in [6.07, 6.45) is 6.58. The van der Waals surface area contributed by atoms with Crippen LogP contribution in [0.4, 0.5) is 0 Å². The van der Waals surface area contributed by atoms with Crippen LogP contribution < -0.4 is 11.3 Å². The molecule has 3 heterocycles. The summed E-state index contributed by atoms with van der Waals surface area (Å²) in [4.78, 5) is 25.7. The largest absolute Gasteiger partial charge is 0.341 e. The van der Waals surface area contributed by atoms with E-state index in [-0.39, 0.29) is 5.56 Å². The topological polar surface area (TPSA) is 89.6 Å². The third-order valence-corrected chi connectivity index (χ3v) is 6.61. The number of para-hydroxylation sites is 1. The molecule has 2 aromatic carbocycles. The lowest BCUT2D eigenvalue weighted by Gasteiger charge is -2.16. The van der Waals surface area contributed by atoms with E-state index in [4.69, 9.17) is 10.7 Å². The summed E-state index contributed by atoms with van der Waals surface area (Å²) >= 11 is 0. The highest BCUT2D eigenvalue weighted by Gasteiger charge is 2.17. The van der Waals surface area contributed by atoms with Crippen LogP contribution in [0.3, 0.4) is 0 Å². The van der Waals surface area contributed by atoms with Gasteiger partial charge in [-0.3, -0.25) is 9.78 Å². The fourth-order valence-corrected chi connectivity index (χ4v) is 4.97. The van der Waals surface area contributed by atoms with Gasteiger partial charge >= 0.3 is 0 Å². The Hall–Kier alpha value is -3.77. The van der Waals surface area contributed by atoms with Crippen LogP contribution in [0, 0.1) is 0 Å². The number of rotatable bonds is 4. The third-order valence-electron chi connectivity index (χ3n) is 6.61. The van der Waals surface area contributed by atoms with Crippen LogP contribution in [0.25, 0.3) is 33.2 Å². The second-order valence-corrected chi connectivity index (χ2v) is 8.77. The lowest BCUT2D eigenvalue weighted by Crippen LogP contribution is -2.13. The molecular formula is C27H25N5O. The highest BCUT2D eigenvalue weighted by Crippen LogP contribution is 2.30. The summed E-state index contributed by atoms with van der Waals surface area (Å²) in [5, 5.41) is 1.00. The van der Waals surface area contributed by atoms with Crippen molar-refractivity contribution in [3.8, 4) is 11.3 Å². The Kier molecular flexibility index (Phi) is 4.80. The molecule has 0 fully saturated rings. The molecule has 33 heavy (non-hydrogen) atoms. The Bertz CT molecular complexity index is 1560. The number of hydrogen-bond acceptors (Lipinski definition) is 4. The molecular weight excluding hydrogens is 410 g/mol. The number of aromatic amines is 1. The Balaban J connectivity index is 1.50. The summed E-state index contributed by atoms with van der Waals surface area (Å²) < 4.78 is 2.13. The third kappa shape index (κ3) is 3.52. The summed E-state index contributed by atoms with van der Waals surface area (Å²) in [7, 11) is 0. The molecule has 0 amide bonds. The van der Waals surface area contributed by atoms with Gasteiger partial charge in [0.05, 0.1) is 29.0 Å². The number of benzene rings is 2. The molecule has 1 aliphatic rings. The van der Waals surface area contributed by atoms with Crippen molar-refractivity contribution in [1.82, 2.24) is 19.5 Å². The molecule has 164 valence electrons. The van der Waals surface area contributed by atoms with E-state index in [1.165, 1.54) is 24.0 Å². The molecule has 0 aliphatic heterocycles. The standard InChI is InChI=1S/C27H25N5O/c28-14-19-8-5-9-20(29-19)15-32-16-22(21-10-3-4-11-25(21)32)26-27(33)31-24-13-18-7-2-1-6-17(18)12-23(24)30-26/h3-5,8-13,16H,1-2,6-7,14-15,28H2,(H,31,33). The van der Waals surface area contributed by atoms with Gasteiger partial charge < -0.3 is 15.3 Å². The molecule has 0 unspecified atom stereocenters. The Morgan fingerprint density at radius 2 is 1.73 bits per heavy atom. The minimum Gasteiger partial charge on any atom is -0.341 e. The first kappa shape index (κ1) is 19.9. The lowest BCUT2D eigenvalue weighted by atomic mass is 9.91. The number of H-pyrrole nitrogens is 1. The van der Waals surface area contributed by atoms with Gasteiger partial charge in [-0.15, -0.1) is 0 Å². The van der Waals surface area contributed by atoms with E-state index < -0.39 is 0 Å². The molecule has 0 spiro atoms. The zero-order chi connectivity index (χ0) is 22.4. The highest BCUT2D eigenvalue weighted by atomic mass is 16.1. The number of pyridine rings is 1. The summed E-state index contributed by atoms with van der Waals surface area (Å²) in [6, 6.07) is 18.3. The molecule has 0 radical (unpaired) electrons. The van der Waals surface area contributed by atoms with Gasteiger partial charge in [0.15, 0.2) is 0 Å². The van der Waals surface area contributed by atoms with Crippen molar-refractivity contribution < 1.29 is 0 Å². The molecule has 0 saturated heterocycles. The molecule has 0 bridgehead atoms. The minimum atomic E-state index is -0.163. The highest BCUT2D eigenvalue weighted by molar-refractivity contribution is 5.96. The van der Waals surface area contributed by atoms with Gasteiger partial charge in [-0.2, -0.15) is 0 Å². The number of fused-ring (bicyclic) bond motifs is 3. The predicted octanol–water partition coefficient (Wildman–Crippen LogP) is 4.33. The van der Waals surface area contributed by atoms with Crippen molar-refractivity contribution in [3.63, 3.8) is 0 Å². The quantitative estimate of drug-likeness (QED) is 0.440. The normalized spacial score (nSPS) is 13.5. The number of nitrogens with two attached hydrogens (primary N) is 1. The molecule has 3 N–H and O–H groups in total. The van der Waals surface area contributed by atoms with Crippen LogP contribution in [-0.2, 0) is 25.9 Å². The number of nitrogens with one attached hydrogen (secondary N) is 1. The molecule has 6 rings (SSSR count). The first-order chi connectivity index (χ1) is 16.2. The maximum Gasteiger partial charge on any atom is 0.275 e. The van der Waals surface area contributed by atoms with Gasteiger partial charge in [-0.1, -0.05) is 24.3 Å². The molecule has 0 atom stereocenters. The zero-order valence-electron chi connectivity index (χ0n) is 18.3. The van der Waals surface area contributed by atoms with E-state index in [1.807, 2.05) is 42.6 Å². The first-order valence-corrected chi connectivity index (χ1v) is 11.5.